The summed E-state index contributed by atoms with van der Waals surface area (Å²) >= 11 is 0. The van der Waals surface area contributed by atoms with Crippen LogP contribution in [0.15, 0.2) is 88.8 Å². The van der Waals surface area contributed by atoms with Crippen molar-refractivity contribution in [1.82, 2.24) is 10.2 Å². The van der Waals surface area contributed by atoms with E-state index in [-0.39, 0.29) is 11.8 Å². The van der Waals surface area contributed by atoms with E-state index in [2.05, 4.69) is 39.4 Å². The maximum absolute atomic E-state index is 13.2. The smallest absolute Gasteiger partial charge is 0.239 e. The summed E-state index contributed by atoms with van der Waals surface area (Å²) in [6.07, 6.45) is 0. The molecular formula is C29H31N5O2. The molecule has 1 fully saturated rings. The second-order valence-corrected chi connectivity index (χ2v) is 9.10. The van der Waals surface area contributed by atoms with Crippen LogP contribution in [0.1, 0.15) is 18.4 Å². The van der Waals surface area contributed by atoms with Gasteiger partial charge in [-0.05, 0) is 36.8 Å². The Morgan fingerprint density at radius 1 is 0.917 bits per heavy atom. The number of benzene rings is 3. The van der Waals surface area contributed by atoms with Crippen LogP contribution in [-0.4, -0.2) is 62.2 Å². The minimum Gasteiger partial charge on any atom is -0.497 e. The number of carbonyl (C=O) groups is 1. The van der Waals surface area contributed by atoms with Crippen molar-refractivity contribution in [2.24, 2.45) is 9.98 Å². The van der Waals surface area contributed by atoms with Gasteiger partial charge in [-0.25, -0.2) is 4.99 Å². The van der Waals surface area contributed by atoms with Crippen LogP contribution in [-0.2, 0) is 4.79 Å². The number of amides is 1. The lowest BCUT2D eigenvalue weighted by molar-refractivity contribution is -0.120. The van der Waals surface area contributed by atoms with Crippen LogP contribution in [0.2, 0.25) is 0 Å². The molecule has 7 heteroatoms. The van der Waals surface area contributed by atoms with Crippen molar-refractivity contribution in [2.45, 2.75) is 12.8 Å². The fourth-order valence-corrected chi connectivity index (χ4v) is 4.80. The number of rotatable bonds is 5. The lowest BCUT2D eigenvalue weighted by Gasteiger charge is -2.36. The van der Waals surface area contributed by atoms with Gasteiger partial charge in [-0.2, -0.15) is 0 Å². The summed E-state index contributed by atoms with van der Waals surface area (Å²) in [5, 5.41) is 3.14. The number of hydrogen-bond donors (Lipinski definition) is 1. The molecule has 3 aromatic carbocycles. The Hall–Kier alpha value is -3.97. The summed E-state index contributed by atoms with van der Waals surface area (Å²) in [6, 6.07) is 26.0. The van der Waals surface area contributed by atoms with Crippen molar-refractivity contribution in [2.75, 3.05) is 44.7 Å². The average molecular weight is 482 g/mol. The molecule has 1 N–H and O–H groups in total. The molecule has 1 amide bonds. The van der Waals surface area contributed by atoms with Crippen molar-refractivity contribution in [3.8, 4) is 5.75 Å². The third kappa shape index (κ3) is 5.31. The fraction of sp³-hybridized carbons (Fsp3) is 0.276. The number of ether oxygens (including phenoxy) is 1. The van der Waals surface area contributed by atoms with Crippen LogP contribution in [0, 0.1) is 0 Å². The zero-order valence-corrected chi connectivity index (χ0v) is 20.7. The van der Waals surface area contributed by atoms with Crippen LogP contribution < -0.4 is 15.0 Å². The largest absolute Gasteiger partial charge is 0.497 e. The molecular weight excluding hydrogens is 450 g/mol. The van der Waals surface area contributed by atoms with E-state index in [4.69, 9.17) is 14.7 Å². The summed E-state index contributed by atoms with van der Waals surface area (Å²) in [4.78, 5) is 27.5. The Kier molecular flexibility index (Phi) is 7.09. The Morgan fingerprint density at radius 2 is 1.61 bits per heavy atom. The molecule has 36 heavy (non-hydrogen) atoms. The molecule has 0 bridgehead atoms. The molecule has 0 saturated carbocycles. The van der Waals surface area contributed by atoms with Gasteiger partial charge < -0.3 is 15.0 Å². The zero-order valence-electron chi connectivity index (χ0n) is 20.7. The van der Waals surface area contributed by atoms with E-state index in [1.54, 1.807) is 7.11 Å². The fourth-order valence-electron chi connectivity index (χ4n) is 4.80. The Labute approximate surface area is 212 Å². The van der Waals surface area contributed by atoms with Gasteiger partial charge in [0.15, 0.2) is 0 Å². The van der Waals surface area contributed by atoms with E-state index in [9.17, 15) is 4.79 Å². The Bertz CT molecular complexity index is 1280. The van der Waals surface area contributed by atoms with E-state index in [0.717, 1.165) is 60.3 Å². The highest BCUT2D eigenvalue weighted by Gasteiger charge is 2.27. The van der Waals surface area contributed by atoms with Crippen molar-refractivity contribution in [3.05, 3.63) is 84.4 Å². The van der Waals surface area contributed by atoms with Crippen LogP contribution in [0.25, 0.3) is 0 Å². The number of para-hydroxylation sites is 2. The molecule has 0 spiro atoms. The van der Waals surface area contributed by atoms with Gasteiger partial charge in [0.25, 0.3) is 0 Å². The van der Waals surface area contributed by atoms with E-state index >= 15 is 0 Å². The predicted octanol–water partition coefficient (Wildman–Crippen LogP) is 4.55. The normalized spacial score (nSPS) is 17.9. The number of nitrogens with one attached hydrogen (secondary N) is 1. The second-order valence-electron chi connectivity index (χ2n) is 9.10. The monoisotopic (exact) mass is 481 g/mol. The number of carbonyl (C=O) groups excluding carboxylic acids is 1. The highest BCUT2D eigenvalue weighted by Crippen LogP contribution is 2.34. The summed E-state index contributed by atoms with van der Waals surface area (Å²) in [7, 11) is 1.68. The third-order valence-corrected chi connectivity index (χ3v) is 6.67. The second kappa shape index (κ2) is 10.7. The summed E-state index contributed by atoms with van der Waals surface area (Å²) in [5.74, 6) is 1.20. The lowest BCUT2D eigenvalue weighted by Crippen LogP contribution is -2.50. The molecule has 0 unspecified atom stereocenters. The Balaban J connectivity index is 1.29. The number of amidine groups is 1. The molecule has 2 aliphatic rings. The van der Waals surface area contributed by atoms with E-state index in [1.165, 1.54) is 0 Å². The number of hydrogen-bond acceptors (Lipinski definition) is 6. The number of aliphatic imine (C=N–C) groups is 2. The average Bonchev–Trinajstić information content (AvgIpc) is 3.04. The summed E-state index contributed by atoms with van der Waals surface area (Å²) in [6.45, 7) is 5.65. The SMILES string of the molecule is COc1cccc(N2CCN(CC(=O)NC3=Nc4ccccc4N=C(C)[C@@H]3c3ccccc3)CC2)c1. The van der Waals surface area contributed by atoms with Gasteiger partial charge in [0.1, 0.15) is 11.6 Å². The molecule has 0 aliphatic carbocycles. The summed E-state index contributed by atoms with van der Waals surface area (Å²) < 4.78 is 5.36. The number of anilines is 1. The molecule has 7 nitrogen and oxygen atoms in total. The molecule has 0 radical (unpaired) electrons. The van der Waals surface area contributed by atoms with E-state index in [0.29, 0.717) is 12.4 Å². The van der Waals surface area contributed by atoms with E-state index < -0.39 is 0 Å². The van der Waals surface area contributed by atoms with Crippen LogP contribution >= 0.6 is 0 Å². The first kappa shape index (κ1) is 23.8. The number of nitrogens with zero attached hydrogens (tertiary/aromatic N) is 4. The van der Waals surface area contributed by atoms with Gasteiger partial charge in [0.2, 0.25) is 5.91 Å². The van der Waals surface area contributed by atoms with Gasteiger partial charge in [-0.1, -0.05) is 48.5 Å². The first-order chi connectivity index (χ1) is 17.6. The molecule has 0 aromatic heterocycles. The molecule has 1 atom stereocenters. The van der Waals surface area contributed by atoms with Crippen LogP contribution in [0.3, 0.4) is 0 Å². The highest BCUT2D eigenvalue weighted by atomic mass is 16.5. The predicted molar refractivity (Wildman–Crippen MR) is 145 cm³/mol. The molecule has 5 rings (SSSR count). The molecule has 3 aromatic rings. The van der Waals surface area contributed by atoms with Crippen molar-refractivity contribution < 1.29 is 9.53 Å². The van der Waals surface area contributed by atoms with Crippen molar-refractivity contribution in [1.29, 1.82) is 0 Å². The van der Waals surface area contributed by atoms with Gasteiger partial charge in [-0.3, -0.25) is 14.7 Å². The minimum atomic E-state index is -0.215. The number of fused-ring (bicyclic) bond motifs is 1. The number of methoxy groups -OCH3 is 1. The molecule has 2 aliphatic heterocycles. The van der Waals surface area contributed by atoms with Gasteiger partial charge >= 0.3 is 0 Å². The van der Waals surface area contributed by atoms with E-state index in [1.807, 2.05) is 61.5 Å². The highest BCUT2D eigenvalue weighted by molar-refractivity contribution is 6.17. The molecule has 2 heterocycles. The lowest BCUT2D eigenvalue weighted by atomic mass is 9.93. The quantitative estimate of drug-likeness (QED) is 0.580. The first-order valence-corrected chi connectivity index (χ1v) is 12.3. The standard InChI is InChI=1S/C29H31N5O2/c1-21-28(22-9-4-3-5-10-22)29(31-26-14-7-6-13-25(26)30-21)32-27(35)20-33-15-17-34(18-16-33)23-11-8-12-24(19-23)36-2/h3-14,19,28H,15-18,20H2,1-2H3,(H,31,32,35)/t28-/m1/s1. The minimum absolute atomic E-state index is 0.0586. The van der Waals surface area contributed by atoms with Crippen molar-refractivity contribution >= 4 is 34.5 Å². The maximum atomic E-state index is 13.2. The van der Waals surface area contributed by atoms with Crippen molar-refractivity contribution in [3.63, 3.8) is 0 Å². The summed E-state index contributed by atoms with van der Waals surface area (Å²) in [5.41, 5.74) is 4.67. The van der Waals surface area contributed by atoms with Crippen LogP contribution in [0.4, 0.5) is 17.1 Å². The number of piperazine rings is 1. The molecule has 184 valence electrons. The topological polar surface area (TPSA) is 69.5 Å². The zero-order chi connectivity index (χ0) is 24.9. The van der Waals surface area contributed by atoms with Gasteiger partial charge in [0, 0.05) is 43.6 Å². The first-order valence-electron chi connectivity index (χ1n) is 12.3. The molecule has 1 saturated heterocycles. The Morgan fingerprint density at radius 3 is 2.33 bits per heavy atom. The van der Waals surface area contributed by atoms with Gasteiger partial charge in [-0.15, -0.1) is 0 Å². The maximum Gasteiger partial charge on any atom is 0.239 e. The van der Waals surface area contributed by atoms with Crippen LogP contribution in [0.5, 0.6) is 5.75 Å². The van der Waals surface area contributed by atoms with Gasteiger partial charge in [0.05, 0.1) is 30.9 Å². The third-order valence-electron chi connectivity index (χ3n) is 6.67.